The molecule has 2 heterocycles. The number of hydrogen-bond donors (Lipinski definition) is 1. The van der Waals surface area contributed by atoms with E-state index in [1.54, 1.807) is 0 Å². The summed E-state index contributed by atoms with van der Waals surface area (Å²) in [6, 6.07) is 0. The van der Waals surface area contributed by atoms with Gasteiger partial charge in [0.25, 0.3) is 0 Å². The number of aliphatic hydroxyl groups is 1. The van der Waals surface area contributed by atoms with E-state index in [1.165, 1.54) is 19.4 Å². The van der Waals surface area contributed by atoms with E-state index in [9.17, 15) is 14.7 Å². The molecule has 2 aliphatic heterocycles. The summed E-state index contributed by atoms with van der Waals surface area (Å²) < 4.78 is 23.3. The predicted octanol–water partition coefficient (Wildman–Crippen LogP) is 1.12. The van der Waals surface area contributed by atoms with Gasteiger partial charge in [-0.2, -0.15) is 0 Å². The molecular weight excluding hydrogens is 340 g/mol. The minimum Gasteiger partial charge on any atom is -0.465 e. The summed E-state index contributed by atoms with van der Waals surface area (Å²) in [5.74, 6) is -0.830. The first-order valence-electron chi connectivity index (χ1n) is 9.13. The minimum absolute atomic E-state index is 0.135. The van der Waals surface area contributed by atoms with Gasteiger partial charge in [0, 0.05) is 19.3 Å². The van der Waals surface area contributed by atoms with Crippen LogP contribution in [0.2, 0.25) is 0 Å². The van der Waals surface area contributed by atoms with Crippen LogP contribution in [0.15, 0.2) is 11.6 Å². The van der Waals surface area contributed by atoms with E-state index in [0.717, 1.165) is 6.42 Å². The Labute approximate surface area is 152 Å². The van der Waals surface area contributed by atoms with Gasteiger partial charge in [-0.15, -0.1) is 0 Å². The molecule has 1 N–H and O–H groups in total. The van der Waals surface area contributed by atoms with Crippen LogP contribution in [0.1, 0.15) is 40.5 Å². The lowest BCUT2D eigenvalue weighted by Crippen LogP contribution is -2.66. The van der Waals surface area contributed by atoms with Crippen molar-refractivity contribution in [3.63, 3.8) is 0 Å². The van der Waals surface area contributed by atoms with Crippen LogP contribution >= 0.6 is 0 Å². The Kier molecular flexibility index (Phi) is 3.82. The van der Waals surface area contributed by atoms with Crippen molar-refractivity contribution in [1.29, 1.82) is 0 Å². The number of ether oxygens (including phenoxy) is 4. The SMILES string of the molecule is CC(=O)OC[C@]12CCC(C)=C[C@@H]1O[C@H]1[C@@H](O)[C@H](OC(C)=O)[C@]2(C)[C@]12CO2. The third-order valence-corrected chi connectivity index (χ3v) is 7.08. The fourth-order valence-electron chi connectivity index (χ4n) is 5.60. The molecule has 7 nitrogen and oxygen atoms in total. The van der Waals surface area contributed by atoms with Crippen molar-refractivity contribution < 1.29 is 33.6 Å². The van der Waals surface area contributed by atoms with Crippen molar-refractivity contribution in [1.82, 2.24) is 0 Å². The highest BCUT2D eigenvalue weighted by atomic mass is 16.7. The second-order valence-corrected chi connectivity index (χ2v) is 8.33. The molecule has 0 aromatic carbocycles. The second-order valence-electron chi connectivity index (χ2n) is 8.33. The molecule has 2 saturated heterocycles. The van der Waals surface area contributed by atoms with E-state index in [1.807, 2.05) is 13.8 Å². The quantitative estimate of drug-likeness (QED) is 0.454. The largest absolute Gasteiger partial charge is 0.465 e. The minimum atomic E-state index is -0.986. The molecule has 1 saturated carbocycles. The van der Waals surface area contributed by atoms with E-state index in [-0.39, 0.29) is 18.7 Å². The number of epoxide rings is 1. The molecule has 2 aliphatic carbocycles. The fourth-order valence-corrected chi connectivity index (χ4v) is 5.60. The van der Waals surface area contributed by atoms with Gasteiger partial charge in [0.2, 0.25) is 0 Å². The van der Waals surface area contributed by atoms with Gasteiger partial charge in [-0.3, -0.25) is 9.59 Å². The number of fused-ring (bicyclic) bond motifs is 2. The van der Waals surface area contributed by atoms with E-state index in [4.69, 9.17) is 18.9 Å². The first-order valence-corrected chi connectivity index (χ1v) is 9.13. The van der Waals surface area contributed by atoms with Gasteiger partial charge in [0.1, 0.15) is 30.5 Å². The molecule has 26 heavy (non-hydrogen) atoms. The lowest BCUT2D eigenvalue weighted by atomic mass is 9.51. The van der Waals surface area contributed by atoms with Crippen molar-refractivity contribution in [3.8, 4) is 0 Å². The molecule has 7 heteroatoms. The number of carbonyl (C=O) groups excluding carboxylic acids is 2. The van der Waals surface area contributed by atoms with Crippen molar-refractivity contribution in [2.75, 3.05) is 13.2 Å². The molecular formula is C19H26O7. The smallest absolute Gasteiger partial charge is 0.303 e. The lowest BCUT2D eigenvalue weighted by Gasteiger charge is -2.58. The van der Waals surface area contributed by atoms with E-state index in [0.29, 0.717) is 13.0 Å². The van der Waals surface area contributed by atoms with Crippen LogP contribution in [0.5, 0.6) is 0 Å². The lowest BCUT2D eigenvalue weighted by molar-refractivity contribution is -0.233. The Morgan fingerprint density at radius 1 is 1.35 bits per heavy atom. The number of hydrogen-bond acceptors (Lipinski definition) is 7. The average Bonchev–Trinajstić information content (AvgIpc) is 3.34. The molecule has 0 radical (unpaired) electrons. The van der Waals surface area contributed by atoms with Crippen LogP contribution in [0.4, 0.5) is 0 Å². The zero-order valence-electron chi connectivity index (χ0n) is 15.6. The van der Waals surface area contributed by atoms with Crippen LogP contribution in [0.3, 0.4) is 0 Å². The van der Waals surface area contributed by atoms with Crippen molar-refractivity contribution in [2.24, 2.45) is 10.8 Å². The van der Waals surface area contributed by atoms with Gasteiger partial charge < -0.3 is 24.1 Å². The Hall–Kier alpha value is -1.44. The zero-order valence-corrected chi connectivity index (χ0v) is 15.6. The summed E-state index contributed by atoms with van der Waals surface area (Å²) in [5, 5.41) is 10.9. The van der Waals surface area contributed by atoms with Crippen LogP contribution in [0.25, 0.3) is 0 Å². The number of aliphatic hydroxyl groups excluding tert-OH is 1. The topological polar surface area (TPSA) is 94.6 Å². The highest BCUT2D eigenvalue weighted by Gasteiger charge is 2.85. The van der Waals surface area contributed by atoms with E-state index < -0.39 is 40.7 Å². The summed E-state index contributed by atoms with van der Waals surface area (Å²) in [5.41, 5.74) is -0.890. The number of allylic oxidation sites excluding steroid dienone is 1. The fraction of sp³-hybridized carbons (Fsp3) is 0.789. The third kappa shape index (κ3) is 2.05. The first-order chi connectivity index (χ1) is 12.2. The van der Waals surface area contributed by atoms with Gasteiger partial charge in [-0.05, 0) is 19.8 Å². The molecule has 144 valence electrons. The van der Waals surface area contributed by atoms with Gasteiger partial charge in [-0.1, -0.05) is 18.6 Å². The van der Waals surface area contributed by atoms with Gasteiger partial charge in [0.05, 0.1) is 18.1 Å². The van der Waals surface area contributed by atoms with Crippen LogP contribution in [0, 0.1) is 10.8 Å². The number of esters is 2. The van der Waals surface area contributed by atoms with Crippen LogP contribution in [-0.4, -0.2) is 60.3 Å². The molecule has 0 aromatic heterocycles. The maximum atomic E-state index is 11.8. The highest BCUT2D eigenvalue weighted by Crippen LogP contribution is 2.72. The van der Waals surface area contributed by atoms with Crippen LogP contribution < -0.4 is 0 Å². The van der Waals surface area contributed by atoms with E-state index in [2.05, 4.69) is 6.08 Å². The standard InChI is InChI=1S/C19H26O7/c1-10-5-6-18(8-23-11(2)20)13(7-10)26-16-14(22)15(25-12(3)21)17(18,4)19(16)9-24-19/h7,13-16,22H,5-6,8-9H2,1-4H3/t13-,14-,15-,16-,17-,18+,19-/m0/s1. The Morgan fingerprint density at radius 3 is 2.62 bits per heavy atom. The molecule has 0 amide bonds. The summed E-state index contributed by atoms with van der Waals surface area (Å²) in [7, 11) is 0. The molecule has 7 atom stereocenters. The Morgan fingerprint density at radius 2 is 2.04 bits per heavy atom. The second kappa shape index (κ2) is 5.53. The molecule has 1 spiro atoms. The summed E-state index contributed by atoms with van der Waals surface area (Å²) in [6.07, 6.45) is 0.896. The molecule has 4 aliphatic rings. The molecule has 0 aromatic rings. The molecule has 3 fully saturated rings. The van der Waals surface area contributed by atoms with Crippen molar-refractivity contribution in [2.45, 2.75) is 70.6 Å². The Balaban J connectivity index is 1.86. The number of carbonyl (C=O) groups is 2. The molecule has 0 unspecified atom stereocenters. The Bertz CT molecular complexity index is 681. The van der Waals surface area contributed by atoms with Gasteiger partial charge in [-0.25, -0.2) is 0 Å². The zero-order chi connectivity index (χ0) is 18.9. The molecule has 2 bridgehead atoms. The van der Waals surface area contributed by atoms with Gasteiger partial charge >= 0.3 is 11.9 Å². The van der Waals surface area contributed by atoms with Gasteiger partial charge in [0.15, 0.2) is 0 Å². The molecule has 4 rings (SSSR count). The summed E-state index contributed by atoms with van der Waals surface area (Å²) >= 11 is 0. The maximum absolute atomic E-state index is 11.8. The average molecular weight is 366 g/mol. The normalized spacial score (nSPS) is 48.6. The third-order valence-electron chi connectivity index (χ3n) is 7.08. The van der Waals surface area contributed by atoms with Crippen LogP contribution in [-0.2, 0) is 28.5 Å². The monoisotopic (exact) mass is 366 g/mol. The van der Waals surface area contributed by atoms with Crippen molar-refractivity contribution in [3.05, 3.63) is 11.6 Å². The maximum Gasteiger partial charge on any atom is 0.303 e. The summed E-state index contributed by atoms with van der Waals surface area (Å²) in [6.45, 7) is 7.31. The predicted molar refractivity (Wildman–Crippen MR) is 89.1 cm³/mol. The summed E-state index contributed by atoms with van der Waals surface area (Å²) in [4.78, 5) is 23.4. The highest BCUT2D eigenvalue weighted by molar-refractivity contribution is 5.67. The number of rotatable bonds is 3. The van der Waals surface area contributed by atoms with Crippen molar-refractivity contribution >= 4 is 11.9 Å². The van der Waals surface area contributed by atoms with E-state index >= 15 is 0 Å². The first kappa shape index (κ1) is 17.9.